The molecular weight excluding hydrogens is 360 g/mol. The first-order valence-corrected chi connectivity index (χ1v) is 12.3. The van der Waals surface area contributed by atoms with E-state index < -0.39 is 5.60 Å². The summed E-state index contributed by atoms with van der Waals surface area (Å²) in [5, 5.41) is 31.0. The van der Waals surface area contributed by atoms with Gasteiger partial charge in [-0.15, -0.1) is 0 Å². The molecule has 0 aromatic carbocycles. The Bertz CT molecular complexity index is 634. The van der Waals surface area contributed by atoms with Gasteiger partial charge in [0.05, 0.1) is 18.3 Å². The lowest BCUT2D eigenvalue weighted by Gasteiger charge is -2.59. The van der Waals surface area contributed by atoms with Crippen LogP contribution >= 0.6 is 0 Å². The maximum Gasteiger partial charge on any atom is 0.0591 e. The maximum absolute atomic E-state index is 10.5. The zero-order valence-corrected chi connectivity index (χ0v) is 19.2. The molecule has 0 bridgehead atoms. The van der Waals surface area contributed by atoms with Gasteiger partial charge in [0.15, 0.2) is 0 Å². The van der Waals surface area contributed by atoms with Gasteiger partial charge in [-0.1, -0.05) is 25.5 Å². The summed E-state index contributed by atoms with van der Waals surface area (Å²) in [5.41, 5.74) is 1.18. The van der Waals surface area contributed by atoms with Crippen molar-refractivity contribution in [1.29, 1.82) is 0 Å². The second-order valence-electron chi connectivity index (χ2n) is 12.1. The first-order valence-electron chi connectivity index (χ1n) is 12.3. The zero-order valence-electron chi connectivity index (χ0n) is 19.2. The van der Waals surface area contributed by atoms with Gasteiger partial charge in [-0.3, -0.25) is 0 Å². The minimum atomic E-state index is -0.561. The van der Waals surface area contributed by atoms with Gasteiger partial charge in [0.25, 0.3) is 0 Å². The summed E-state index contributed by atoms with van der Waals surface area (Å²) in [6.07, 6.45) is 13.2. The van der Waals surface area contributed by atoms with E-state index in [-0.39, 0.29) is 18.1 Å². The molecule has 3 N–H and O–H groups in total. The lowest BCUT2D eigenvalue weighted by molar-refractivity contribution is -0.0802. The van der Waals surface area contributed by atoms with Crippen molar-refractivity contribution in [3.8, 4) is 0 Å². The van der Waals surface area contributed by atoms with E-state index in [1.807, 2.05) is 13.8 Å². The Kier molecular flexibility index (Phi) is 5.75. The molecule has 0 aromatic rings. The van der Waals surface area contributed by atoms with Gasteiger partial charge < -0.3 is 15.3 Å². The standard InChI is InChI=1S/C26H44O3/c1-17(9-12-24(2,3)29)21-7-8-22-20-6-5-18-15-19(28)10-14-26(18,16-27)23(20)11-13-25(21,22)4/h5,17,19-23,27-29H,6-16H2,1-4H3/t17-,19+,20+,21?,22+,23+,25-,26-/m1/s1. The van der Waals surface area contributed by atoms with Crippen LogP contribution in [0.2, 0.25) is 0 Å². The number of rotatable bonds is 5. The van der Waals surface area contributed by atoms with Crippen LogP contribution in [0.15, 0.2) is 11.6 Å². The summed E-state index contributed by atoms with van der Waals surface area (Å²) < 4.78 is 0. The number of aliphatic hydroxyl groups is 3. The Labute approximate surface area is 178 Å². The Hall–Kier alpha value is -0.380. The third-order valence-corrected chi connectivity index (χ3v) is 10.1. The van der Waals surface area contributed by atoms with Gasteiger partial charge in [0.2, 0.25) is 0 Å². The van der Waals surface area contributed by atoms with E-state index in [9.17, 15) is 15.3 Å². The van der Waals surface area contributed by atoms with Gasteiger partial charge in [-0.25, -0.2) is 0 Å². The van der Waals surface area contributed by atoms with E-state index >= 15 is 0 Å². The number of fused-ring (bicyclic) bond motifs is 5. The summed E-state index contributed by atoms with van der Waals surface area (Å²) in [7, 11) is 0. The number of hydrogen-bond acceptors (Lipinski definition) is 3. The Morgan fingerprint density at radius 2 is 1.90 bits per heavy atom. The van der Waals surface area contributed by atoms with Crippen LogP contribution in [-0.2, 0) is 0 Å². The van der Waals surface area contributed by atoms with Crippen molar-refractivity contribution >= 4 is 0 Å². The van der Waals surface area contributed by atoms with Crippen LogP contribution in [0.25, 0.3) is 0 Å². The average Bonchev–Trinajstić information content (AvgIpc) is 3.02. The first kappa shape index (κ1) is 21.8. The second kappa shape index (κ2) is 7.64. The Morgan fingerprint density at radius 3 is 2.59 bits per heavy atom. The highest BCUT2D eigenvalue weighted by Crippen LogP contribution is 2.67. The maximum atomic E-state index is 10.5. The minimum Gasteiger partial charge on any atom is -0.395 e. The van der Waals surface area contributed by atoms with E-state index in [1.165, 1.54) is 31.3 Å². The Balaban J connectivity index is 1.54. The predicted octanol–water partition coefficient (Wildman–Crippen LogP) is 5.09. The van der Waals surface area contributed by atoms with Crippen molar-refractivity contribution in [1.82, 2.24) is 0 Å². The van der Waals surface area contributed by atoms with E-state index in [4.69, 9.17) is 0 Å². The molecule has 3 heteroatoms. The van der Waals surface area contributed by atoms with Gasteiger partial charge in [-0.2, -0.15) is 0 Å². The molecule has 0 aromatic heterocycles. The highest BCUT2D eigenvalue weighted by molar-refractivity contribution is 5.26. The summed E-state index contributed by atoms with van der Waals surface area (Å²) in [6, 6.07) is 0. The smallest absolute Gasteiger partial charge is 0.0591 e. The molecule has 166 valence electrons. The van der Waals surface area contributed by atoms with Gasteiger partial charge in [0.1, 0.15) is 0 Å². The second-order valence-corrected chi connectivity index (χ2v) is 12.1. The van der Waals surface area contributed by atoms with Crippen molar-refractivity contribution in [2.45, 2.75) is 104 Å². The lowest BCUT2D eigenvalue weighted by atomic mass is 9.46. The van der Waals surface area contributed by atoms with Crippen LogP contribution in [0.1, 0.15) is 91.9 Å². The molecule has 0 aliphatic heterocycles. The fourth-order valence-electron chi connectivity index (χ4n) is 8.49. The molecule has 4 aliphatic carbocycles. The minimum absolute atomic E-state index is 0.0475. The molecule has 29 heavy (non-hydrogen) atoms. The monoisotopic (exact) mass is 404 g/mol. The Morgan fingerprint density at radius 1 is 1.14 bits per heavy atom. The number of hydrogen-bond donors (Lipinski definition) is 3. The number of aliphatic hydroxyl groups excluding tert-OH is 2. The third-order valence-electron chi connectivity index (χ3n) is 10.1. The van der Waals surface area contributed by atoms with E-state index in [0.717, 1.165) is 50.4 Å². The molecule has 0 heterocycles. The highest BCUT2D eigenvalue weighted by Gasteiger charge is 2.60. The summed E-state index contributed by atoms with van der Waals surface area (Å²) in [4.78, 5) is 0. The van der Waals surface area contributed by atoms with Gasteiger partial charge in [0, 0.05) is 5.41 Å². The lowest BCUT2D eigenvalue weighted by Crippen LogP contribution is -2.53. The molecule has 0 radical (unpaired) electrons. The molecule has 4 rings (SSSR count). The molecule has 3 nitrogen and oxygen atoms in total. The van der Waals surface area contributed by atoms with Gasteiger partial charge >= 0.3 is 0 Å². The largest absolute Gasteiger partial charge is 0.395 e. The highest BCUT2D eigenvalue weighted by atomic mass is 16.3. The van der Waals surface area contributed by atoms with E-state index in [1.54, 1.807) is 0 Å². The van der Waals surface area contributed by atoms with Crippen molar-refractivity contribution in [2.75, 3.05) is 6.61 Å². The molecule has 0 amide bonds. The quantitative estimate of drug-likeness (QED) is 0.560. The normalized spacial score (nSPS) is 45.8. The fourth-order valence-corrected chi connectivity index (χ4v) is 8.49. The molecule has 3 fully saturated rings. The van der Waals surface area contributed by atoms with Crippen molar-refractivity contribution in [3.63, 3.8) is 0 Å². The van der Waals surface area contributed by atoms with Gasteiger partial charge in [-0.05, 0) is 113 Å². The van der Waals surface area contributed by atoms with Crippen LogP contribution in [0.3, 0.4) is 0 Å². The van der Waals surface area contributed by atoms with E-state index in [2.05, 4.69) is 19.9 Å². The topological polar surface area (TPSA) is 60.7 Å². The predicted molar refractivity (Wildman–Crippen MR) is 117 cm³/mol. The van der Waals surface area contributed by atoms with Crippen LogP contribution in [0.5, 0.6) is 0 Å². The van der Waals surface area contributed by atoms with Crippen LogP contribution in [0, 0.1) is 40.4 Å². The number of allylic oxidation sites excluding steroid dienone is 1. The van der Waals surface area contributed by atoms with Crippen molar-refractivity contribution < 1.29 is 15.3 Å². The van der Waals surface area contributed by atoms with Crippen molar-refractivity contribution in [3.05, 3.63) is 11.6 Å². The summed E-state index contributed by atoms with van der Waals surface area (Å²) in [6.45, 7) is 9.13. The molecule has 4 aliphatic rings. The molecule has 1 unspecified atom stereocenters. The summed E-state index contributed by atoms with van der Waals surface area (Å²) in [5.74, 6) is 3.50. The average molecular weight is 405 g/mol. The first-order chi connectivity index (χ1) is 13.6. The molecule has 3 saturated carbocycles. The van der Waals surface area contributed by atoms with E-state index in [0.29, 0.717) is 23.2 Å². The molecule has 0 spiro atoms. The van der Waals surface area contributed by atoms with Crippen LogP contribution < -0.4 is 0 Å². The third kappa shape index (κ3) is 3.64. The van der Waals surface area contributed by atoms with Crippen LogP contribution in [0.4, 0.5) is 0 Å². The van der Waals surface area contributed by atoms with Crippen molar-refractivity contribution in [2.24, 2.45) is 40.4 Å². The molecular formula is C26H44O3. The molecule has 8 atom stereocenters. The van der Waals surface area contributed by atoms with Crippen LogP contribution in [-0.4, -0.2) is 33.6 Å². The molecule has 0 saturated heterocycles. The summed E-state index contributed by atoms with van der Waals surface area (Å²) >= 11 is 0. The fraction of sp³-hybridized carbons (Fsp3) is 0.923. The zero-order chi connectivity index (χ0) is 21.0. The SMILES string of the molecule is C[C@H](CCC(C)(C)O)C1CC[C@H]2[C@@H]3CC=C4C[C@@H](O)CC[C@]4(CO)[C@H]3CC[C@]12C.